The number of rotatable bonds is 9. The minimum absolute atomic E-state index is 0.120. The molecule has 0 unspecified atom stereocenters. The zero-order valence-corrected chi connectivity index (χ0v) is 20.1. The van der Waals surface area contributed by atoms with Gasteiger partial charge in [0.05, 0.1) is 13.5 Å². The second kappa shape index (κ2) is 11.6. The third-order valence-corrected chi connectivity index (χ3v) is 6.70. The van der Waals surface area contributed by atoms with Crippen LogP contribution >= 0.6 is 23.2 Å². The van der Waals surface area contributed by atoms with Gasteiger partial charge in [-0.1, -0.05) is 61.2 Å². The maximum absolute atomic E-state index is 13.5. The highest BCUT2D eigenvalue weighted by Crippen LogP contribution is 2.28. The summed E-state index contributed by atoms with van der Waals surface area (Å²) in [7, 11) is 1.60. The van der Waals surface area contributed by atoms with Gasteiger partial charge in [-0.15, -0.1) is 0 Å². The van der Waals surface area contributed by atoms with Gasteiger partial charge in [-0.25, -0.2) is 0 Å². The number of methoxy groups -OCH3 is 1. The van der Waals surface area contributed by atoms with E-state index in [1.165, 1.54) is 0 Å². The number of nitrogens with one attached hydrogen (secondary N) is 1. The minimum Gasteiger partial charge on any atom is -0.497 e. The Labute approximate surface area is 200 Å². The van der Waals surface area contributed by atoms with Crippen LogP contribution in [0, 0.1) is 0 Å². The molecule has 1 saturated carbocycles. The summed E-state index contributed by atoms with van der Waals surface area (Å²) in [6, 6.07) is 12.2. The number of benzene rings is 2. The molecular weight excluding hydrogens is 447 g/mol. The highest BCUT2D eigenvalue weighted by molar-refractivity contribution is 6.36. The lowest BCUT2D eigenvalue weighted by molar-refractivity contribution is -0.141. The van der Waals surface area contributed by atoms with Crippen LogP contribution in [0.4, 0.5) is 0 Å². The summed E-state index contributed by atoms with van der Waals surface area (Å²) < 4.78 is 5.20. The van der Waals surface area contributed by atoms with Crippen LogP contribution in [0.3, 0.4) is 0 Å². The van der Waals surface area contributed by atoms with E-state index in [0.29, 0.717) is 22.0 Å². The zero-order chi connectivity index (χ0) is 23.1. The lowest BCUT2D eigenvalue weighted by atomic mass is 10.1. The Balaban J connectivity index is 1.85. The Morgan fingerprint density at radius 1 is 1.09 bits per heavy atom. The molecule has 1 fully saturated rings. The van der Waals surface area contributed by atoms with Crippen molar-refractivity contribution in [3.63, 3.8) is 0 Å². The van der Waals surface area contributed by atoms with Gasteiger partial charge < -0.3 is 15.0 Å². The fourth-order valence-electron chi connectivity index (χ4n) is 4.16. The van der Waals surface area contributed by atoms with Crippen LogP contribution in [-0.4, -0.2) is 35.9 Å². The molecule has 1 N–H and O–H groups in total. The quantitative estimate of drug-likeness (QED) is 0.526. The number of hydrogen-bond acceptors (Lipinski definition) is 3. The number of amides is 2. The van der Waals surface area contributed by atoms with E-state index in [2.05, 4.69) is 5.32 Å². The normalized spacial score (nSPS) is 14.8. The molecule has 0 bridgehead atoms. The number of ether oxygens (including phenoxy) is 1. The second-order valence-electron chi connectivity index (χ2n) is 8.16. The summed E-state index contributed by atoms with van der Waals surface area (Å²) in [5, 5.41) is 4.10. The molecule has 172 valence electrons. The first-order valence-electron chi connectivity index (χ1n) is 11.1. The molecule has 0 spiro atoms. The van der Waals surface area contributed by atoms with Gasteiger partial charge in [0.25, 0.3) is 0 Å². The molecule has 0 radical (unpaired) electrons. The van der Waals surface area contributed by atoms with Crippen molar-refractivity contribution in [3.05, 3.63) is 63.6 Å². The minimum atomic E-state index is -0.603. The standard InChI is InChI=1S/C25H30Cl2N2O3/c1-3-23(25(31)28-18-7-4-5-8-18)29(16-20-21(26)9-6-10-22(20)27)24(30)15-17-11-13-19(32-2)14-12-17/h6,9-14,18,23H,3-5,7-8,15-16H2,1-2H3,(H,28,31)/t23-/m0/s1. The van der Waals surface area contributed by atoms with Gasteiger partial charge in [0, 0.05) is 28.2 Å². The van der Waals surface area contributed by atoms with Crippen molar-refractivity contribution in [1.82, 2.24) is 10.2 Å². The smallest absolute Gasteiger partial charge is 0.243 e. The fourth-order valence-corrected chi connectivity index (χ4v) is 4.68. The van der Waals surface area contributed by atoms with Crippen LogP contribution in [0.1, 0.15) is 50.2 Å². The van der Waals surface area contributed by atoms with E-state index in [-0.39, 0.29) is 30.8 Å². The predicted molar refractivity (Wildman–Crippen MR) is 128 cm³/mol. The molecule has 7 heteroatoms. The van der Waals surface area contributed by atoms with Crippen molar-refractivity contribution in [2.45, 2.75) is 64.1 Å². The Hall–Kier alpha value is -2.24. The second-order valence-corrected chi connectivity index (χ2v) is 8.98. The molecule has 2 aromatic carbocycles. The molecule has 5 nitrogen and oxygen atoms in total. The Bertz CT molecular complexity index is 907. The van der Waals surface area contributed by atoms with Crippen LogP contribution in [0.15, 0.2) is 42.5 Å². The van der Waals surface area contributed by atoms with Gasteiger partial charge in [-0.3, -0.25) is 9.59 Å². The Morgan fingerprint density at radius 2 is 1.72 bits per heavy atom. The zero-order valence-electron chi connectivity index (χ0n) is 18.6. The summed E-state index contributed by atoms with van der Waals surface area (Å²) in [4.78, 5) is 28.3. The van der Waals surface area contributed by atoms with Gasteiger partial charge in [-0.05, 0) is 49.1 Å². The molecular formula is C25H30Cl2N2O3. The maximum Gasteiger partial charge on any atom is 0.243 e. The first kappa shape index (κ1) is 24.4. The van der Waals surface area contributed by atoms with Crippen LogP contribution in [-0.2, 0) is 22.6 Å². The van der Waals surface area contributed by atoms with Crippen molar-refractivity contribution >= 4 is 35.0 Å². The first-order valence-corrected chi connectivity index (χ1v) is 11.8. The number of carbonyl (C=O) groups is 2. The lowest BCUT2D eigenvalue weighted by Gasteiger charge is -2.32. The monoisotopic (exact) mass is 476 g/mol. The highest BCUT2D eigenvalue weighted by Gasteiger charge is 2.31. The van der Waals surface area contributed by atoms with Crippen LogP contribution in [0.25, 0.3) is 0 Å². The molecule has 1 aliphatic rings. The molecule has 1 atom stereocenters. The Kier molecular flexibility index (Phi) is 8.83. The largest absolute Gasteiger partial charge is 0.497 e. The van der Waals surface area contributed by atoms with E-state index in [1.54, 1.807) is 30.2 Å². The molecule has 2 amide bonds. The van der Waals surface area contributed by atoms with Crippen LogP contribution in [0.5, 0.6) is 5.75 Å². The summed E-state index contributed by atoms with van der Waals surface area (Å²) in [6.07, 6.45) is 4.87. The third-order valence-electron chi connectivity index (χ3n) is 5.99. The molecule has 1 aliphatic carbocycles. The summed E-state index contributed by atoms with van der Waals surface area (Å²) in [6.45, 7) is 2.09. The van der Waals surface area contributed by atoms with E-state index in [0.717, 1.165) is 37.0 Å². The fraction of sp³-hybridized carbons (Fsp3) is 0.440. The van der Waals surface area contributed by atoms with Gasteiger partial charge in [0.1, 0.15) is 11.8 Å². The topological polar surface area (TPSA) is 58.6 Å². The van der Waals surface area contributed by atoms with E-state index in [4.69, 9.17) is 27.9 Å². The van der Waals surface area contributed by atoms with E-state index < -0.39 is 6.04 Å². The van der Waals surface area contributed by atoms with Crippen molar-refractivity contribution in [3.8, 4) is 5.75 Å². The van der Waals surface area contributed by atoms with Crippen molar-refractivity contribution in [2.75, 3.05) is 7.11 Å². The first-order chi connectivity index (χ1) is 15.4. The third kappa shape index (κ3) is 6.17. The number of hydrogen-bond donors (Lipinski definition) is 1. The molecule has 2 aromatic rings. The summed E-state index contributed by atoms with van der Waals surface area (Å²) in [5.74, 6) is 0.452. The molecule has 0 heterocycles. The van der Waals surface area contributed by atoms with Crippen LogP contribution < -0.4 is 10.1 Å². The molecule has 32 heavy (non-hydrogen) atoms. The van der Waals surface area contributed by atoms with Crippen molar-refractivity contribution < 1.29 is 14.3 Å². The van der Waals surface area contributed by atoms with Gasteiger partial charge >= 0.3 is 0 Å². The number of carbonyl (C=O) groups excluding carboxylic acids is 2. The van der Waals surface area contributed by atoms with Crippen LogP contribution in [0.2, 0.25) is 10.0 Å². The van der Waals surface area contributed by atoms with Crippen molar-refractivity contribution in [2.24, 2.45) is 0 Å². The van der Waals surface area contributed by atoms with E-state index >= 15 is 0 Å². The van der Waals surface area contributed by atoms with E-state index in [1.807, 2.05) is 31.2 Å². The Morgan fingerprint density at radius 3 is 2.28 bits per heavy atom. The SMILES string of the molecule is CC[C@@H](C(=O)NC1CCCC1)N(Cc1c(Cl)cccc1Cl)C(=O)Cc1ccc(OC)cc1. The lowest BCUT2D eigenvalue weighted by Crippen LogP contribution is -2.51. The number of nitrogens with zero attached hydrogens (tertiary/aromatic N) is 1. The number of halogens is 2. The van der Waals surface area contributed by atoms with Gasteiger partial charge in [0.2, 0.25) is 11.8 Å². The maximum atomic E-state index is 13.5. The average Bonchev–Trinajstić information content (AvgIpc) is 3.29. The molecule has 0 saturated heterocycles. The van der Waals surface area contributed by atoms with Gasteiger partial charge in [-0.2, -0.15) is 0 Å². The summed E-state index contributed by atoms with van der Waals surface area (Å²) in [5.41, 5.74) is 1.49. The molecule has 0 aromatic heterocycles. The van der Waals surface area contributed by atoms with Gasteiger partial charge in [0.15, 0.2) is 0 Å². The summed E-state index contributed by atoms with van der Waals surface area (Å²) >= 11 is 12.8. The molecule has 3 rings (SSSR count). The highest BCUT2D eigenvalue weighted by atomic mass is 35.5. The molecule has 0 aliphatic heterocycles. The van der Waals surface area contributed by atoms with E-state index in [9.17, 15) is 9.59 Å². The average molecular weight is 477 g/mol. The predicted octanol–water partition coefficient (Wildman–Crippen LogP) is 5.41. The van der Waals surface area contributed by atoms with Crippen molar-refractivity contribution in [1.29, 1.82) is 0 Å².